The van der Waals surface area contributed by atoms with E-state index in [9.17, 15) is 10.1 Å². The summed E-state index contributed by atoms with van der Waals surface area (Å²) >= 11 is 1.56. The number of hydrogen-bond acceptors (Lipinski definition) is 7. The summed E-state index contributed by atoms with van der Waals surface area (Å²) in [4.78, 5) is 17.3. The highest BCUT2D eigenvalue weighted by molar-refractivity contribution is 7.13. The van der Waals surface area contributed by atoms with Crippen molar-refractivity contribution in [1.29, 1.82) is 5.26 Å². The molecule has 0 amide bonds. The molecule has 2 aromatic heterocycles. The molecule has 0 aliphatic rings. The zero-order valence-corrected chi connectivity index (χ0v) is 20.0. The smallest absolute Gasteiger partial charge is 0.337 e. The summed E-state index contributed by atoms with van der Waals surface area (Å²) in [5.41, 5.74) is 3.92. The molecule has 0 unspecified atom stereocenters. The van der Waals surface area contributed by atoms with Gasteiger partial charge in [0.1, 0.15) is 24.0 Å². The maximum absolute atomic E-state index is 11.7. The molecule has 7 heteroatoms. The van der Waals surface area contributed by atoms with Crippen molar-refractivity contribution in [2.75, 3.05) is 14.2 Å². The number of para-hydroxylation sites is 1. The van der Waals surface area contributed by atoms with E-state index < -0.39 is 5.97 Å². The average Bonchev–Trinajstić information content (AvgIpc) is 3.45. The second-order valence-electron chi connectivity index (χ2n) is 7.42. The van der Waals surface area contributed by atoms with Gasteiger partial charge < -0.3 is 14.2 Å². The number of pyridine rings is 1. The van der Waals surface area contributed by atoms with Crippen LogP contribution >= 0.6 is 11.3 Å². The maximum Gasteiger partial charge on any atom is 0.337 e. The van der Waals surface area contributed by atoms with Crippen molar-refractivity contribution in [3.63, 3.8) is 0 Å². The first-order chi connectivity index (χ1) is 17.1. The van der Waals surface area contributed by atoms with Crippen LogP contribution in [-0.4, -0.2) is 25.2 Å². The maximum atomic E-state index is 11.7. The molecular formula is C28H22N2O4S. The van der Waals surface area contributed by atoms with Gasteiger partial charge in [-0.3, -0.25) is 0 Å². The lowest BCUT2D eigenvalue weighted by Gasteiger charge is -2.12. The highest BCUT2D eigenvalue weighted by Gasteiger charge is 2.15. The number of nitriles is 1. The van der Waals surface area contributed by atoms with Gasteiger partial charge in [-0.15, -0.1) is 11.3 Å². The first-order valence-corrected chi connectivity index (χ1v) is 11.6. The van der Waals surface area contributed by atoms with Gasteiger partial charge in [-0.05, 0) is 46.8 Å². The van der Waals surface area contributed by atoms with Gasteiger partial charge in [0, 0.05) is 5.56 Å². The molecule has 4 aromatic rings. The van der Waals surface area contributed by atoms with E-state index >= 15 is 0 Å². The molecule has 174 valence electrons. The van der Waals surface area contributed by atoms with E-state index in [-0.39, 0.29) is 12.5 Å². The third-order valence-electron chi connectivity index (χ3n) is 5.23. The standard InChI is InChI=1S/C28H22N2O4S/c1-32-25-7-4-3-6-20(25)13-14-22-16-24(26-8-5-15-35-26)30-27(23(22)17-29)34-18-19-9-11-21(12-10-19)28(31)33-2/h3-16H,18H2,1-2H3/b14-13+. The van der Waals surface area contributed by atoms with Crippen LogP contribution in [0.1, 0.15) is 32.6 Å². The summed E-state index contributed by atoms with van der Waals surface area (Å²) in [5.74, 6) is 0.581. The van der Waals surface area contributed by atoms with Gasteiger partial charge in [-0.1, -0.05) is 48.6 Å². The van der Waals surface area contributed by atoms with Gasteiger partial charge in [-0.25, -0.2) is 9.78 Å². The summed E-state index contributed by atoms with van der Waals surface area (Å²) in [6.45, 7) is 0.187. The second-order valence-corrected chi connectivity index (χ2v) is 8.37. The second kappa shape index (κ2) is 11.1. The van der Waals surface area contributed by atoms with Crippen molar-refractivity contribution in [3.8, 4) is 28.3 Å². The Bertz CT molecular complexity index is 1390. The van der Waals surface area contributed by atoms with E-state index in [0.717, 1.165) is 27.4 Å². The minimum absolute atomic E-state index is 0.187. The Hall–Kier alpha value is -4.41. The zero-order chi connectivity index (χ0) is 24.6. The van der Waals surface area contributed by atoms with Gasteiger partial charge in [0.05, 0.1) is 30.4 Å². The number of ether oxygens (including phenoxy) is 3. The molecule has 35 heavy (non-hydrogen) atoms. The molecule has 0 atom stereocenters. The van der Waals surface area contributed by atoms with E-state index in [4.69, 9.17) is 14.2 Å². The van der Waals surface area contributed by atoms with Crippen LogP contribution < -0.4 is 9.47 Å². The molecule has 0 saturated heterocycles. The number of aromatic nitrogens is 1. The van der Waals surface area contributed by atoms with Crippen LogP contribution in [0.25, 0.3) is 22.7 Å². The van der Waals surface area contributed by atoms with Crippen LogP contribution in [0.5, 0.6) is 11.6 Å². The van der Waals surface area contributed by atoms with Crippen molar-refractivity contribution in [3.05, 3.63) is 99.9 Å². The summed E-state index contributed by atoms with van der Waals surface area (Å²) in [6.07, 6.45) is 3.77. The van der Waals surface area contributed by atoms with Gasteiger partial charge in [0.15, 0.2) is 0 Å². The molecule has 2 aromatic carbocycles. The number of methoxy groups -OCH3 is 2. The van der Waals surface area contributed by atoms with Crippen LogP contribution in [0, 0.1) is 11.3 Å². The molecule has 0 aliphatic carbocycles. The molecule has 6 nitrogen and oxygen atoms in total. The Morgan fingerprint density at radius 3 is 2.49 bits per heavy atom. The first-order valence-electron chi connectivity index (χ1n) is 10.7. The fourth-order valence-electron chi connectivity index (χ4n) is 3.43. The molecule has 0 aliphatic heterocycles. The molecule has 0 saturated carbocycles. The third kappa shape index (κ3) is 5.57. The highest BCUT2D eigenvalue weighted by Crippen LogP contribution is 2.31. The van der Waals surface area contributed by atoms with Crippen LogP contribution in [0.15, 0.2) is 72.1 Å². The van der Waals surface area contributed by atoms with E-state index in [0.29, 0.717) is 16.7 Å². The van der Waals surface area contributed by atoms with Crippen molar-refractivity contribution in [1.82, 2.24) is 4.98 Å². The Morgan fingerprint density at radius 1 is 1.03 bits per heavy atom. The van der Waals surface area contributed by atoms with Crippen LogP contribution in [-0.2, 0) is 11.3 Å². The Balaban J connectivity index is 1.68. The number of esters is 1. The molecule has 0 bridgehead atoms. The lowest BCUT2D eigenvalue weighted by atomic mass is 10.1. The molecule has 0 spiro atoms. The van der Waals surface area contributed by atoms with E-state index in [1.807, 2.05) is 60.0 Å². The third-order valence-corrected chi connectivity index (χ3v) is 6.13. The fraction of sp³-hybridized carbons (Fsp3) is 0.107. The predicted molar refractivity (Wildman–Crippen MR) is 136 cm³/mol. The van der Waals surface area contributed by atoms with Crippen LogP contribution in [0.4, 0.5) is 0 Å². The number of benzene rings is 2. The van der Waals surface area contributed by atoms with Crippen molar-refractivity contribution in [2.24, 2.45) is 0 Å². The van der Waals surface area contributed by atoms with Crippen molar-refractivity contribution < 1.29 is 19.0 Å². The molecule has 4 rings (SSSR count). The lowest BCUT2D eigenvalue weighted by Crippen LogP contribution is -2.04. The van der Waals surface area contributed by atoms with E-state index in [1.165, 1.54) is 7.11 Å². The number of rotatable bonds is 8. The van der Waals surface area contributed by atoms with Crippen LogP contribution in [0.3, 0.4) is 0 Å². The molecule has 2 heterocycles. The average molecular weight is 483 g/mol. The quantitative estimate of drug-likeness (QED) is 0.277. The largest absolute Gasteiger partial charge is 0.496 e. The number of nitrogens with zero attached hydrogens (tertiary/aromatic N) is 2. The minimum atomic E-state index is -0.402. The van der Waals surface area contributed by atoms with Gasteiger partial charge in [0.25, 0.3) is 0 Å². The number of carbonyl (C=O) groups excluding carboxylic acids is 1. The van der Waals surface area contributed by atoms with Crippen molar-refractivity contribution >= 4 is 29.5 Å². The monoisotopic (exact) mass is 482 g/mol. The molecular weight excluding hydrogens is 460 g/mol. The van der Waals surface area contributed by atoms with Gasteiger partial charge >= 0.3 is 5.97 Å². The molecule has 0 N–H and O–H groups in total. The zero-order valence-electron chi connectivity index (χ0n) is 19.2. The van der Waals surface area contributed by atoms with Crippen molar-refractivity contribution in [2.45, 2.75) is 6.61 Å². The Labute approximate surface area is 207 Å². The van der Waals surface area contributed by atoms with Crippen LogP contribution in [0.2, 0.25) is 0 Å². The number of thiophene rings is 1. The summed E-state index contributed by atoms with van der Waals surface area (Å²) in [7, 11) is 2.97. The Morgan fingerprint density at radius 2 is 1.80 bits per heavy atom. The summed E-state index contributed by atoms with van der Waals surface area (Å²) in [5, 5.41) is 11.9. The topological polar surface area (TPSA) is 81.4 Å². The fourth-order valence-corrected chi connectivity index (χ4v) is 4.12. The van der Waals surface area contributed by atoms with E-state index in [1.54, 1.807) is 42.7 Å². The SMILES string of the molecule is COC(=O)c1ccc(COc2nc(-c3cccs3)cc(/C=C/c3ccccc3OC)c2C#N)cc1. The van der Waals surface area contributed by atoms with E-state index in [2.05, 4.69) is 11.1 Å². The summed E-state index contributed by atoms with van der Waals surface area (Å²) in [6, 6.07) is 22.6. The Kier molecular flexibility index (Phi) is 7.56. The highest BCUT2D eigenvalue weighted by atomic mass is 32.1. The number of hydrogen-bond donors (Lipinski definition) is 0. The molecule has 0 radical (unpaired) electrons. The predicted octanol–water partition coefficient (Wildman–Crippen LogP) is 6.23. The lowest BCUT2D eigenvalue weighted by molar-refractivity contribution is 0.0600. The molecule has 0 fully saturated rings. The number of carbonyl (C=O) groups is 1. The first kappa shape index (κ1) is 23.7. The normalized spacial score (nSPS) is 10.7. The van der Waals surface area contributed by atoms with Gasteiger partial charge in [0.2, 0.25) is 5.88 Å². The summed E-state index contributed by atoms with van der Waals surface area (Å²) < 4.78 is 16.2. The van der Waals surface area contributed by atoms with Gasteiger partial charge in [-0.2, -0.15) is 5.26 Å². The minimum Gasteiger partial charge on any atom is -0.496 e.